The van der Waals surface area contributed by atoms with Crippen molar-refractivity contribution in [2.24, 2.45) is 5.73 Å². The van der Waals surface area contributed by atoms with Crippen LogP contribution in [0.2, 0.25) is 0 Å². The van der Waals surface area contributed by atoms with Crippen molar-refractivity contribution >= 4 is 23.2 Å². The third kappa shape index (κ3) is 3.33. The highest BCUT2D eigenvalue weighted by molar-refractivity contribution is 7.15. The van der Waals surface area contributed by atoms with Gasteiger partial charge in [-0.2, -0.15) is 0 Å². The van der Waals surface area contributed by atoms with Crippen LogP contribution in [0.3, 0.4) is 0 Å². The Morgan fingerprint density at radius 1 is 1.25 bits per heavy atom. The lowest BCUT2D eigenvalue weighted by atomic mass is 10.0. The molecule has 24 heavy (non-hydrogen) atoms. The Morgan fingerprint density at radius 3 is 2.54 bits per heavy atom. The van der Waals surface area contributed by atoms with E-state index in [0.717, 1.165) is 28.3 Å². The quantitative estimate of drug-likeness (QED) is 0.907. The van der Waals surface area contributed by atoms with Gasteiger partial charge < -0.3 is 10.6 Å². The molecule has 1 heterocycles. The third-order valence-corrected chi connectivity index (χ3v) is 5.30. The van der Waals surface area contributed by atoms with Crippen molar-refractivity contribution in [3.8, 4) is 10.4 Å². The topological polar surface area (TPSA) is 76.3 Å². The van der Waals surface area contributed by atoms with Gasteiger partial charge in [0.1, 0.15) is 5.69 Å². The number of aromatic nitrogens is 1. The predicted molar refractivity (Wildman–Crippen MR) is 95.0 cm³/mol. The molecule has 126 valence electrons. The normalized spacial score (nSPS) is 13.8. The Bertz CT molecular complexity index is 809. The number of thiazole rings is 1. The van der Waals surface area contributed by atoms with Crippen molar-refractivity contribution in [2.45, 2.75) is 39.7 Å². The monoisotopic (exact) mass is 343 g/mol. The molecule has 0 bridgehead atoms. The van der Waals surface area contributed by atoms with E-state index in [2.05, 4.69) is 31.0 Å². The number of primary amides is 1. The fraction of sp³-hybridized carbons (Fsp3) is 0.389. The molecule has 0 unspecified atom stereocenters. The van der Waals surface area contributed by atoms with E-state index in [0.29, 0.717) is 5.69 Å². The van der Waals surface area contributed by atoms with E-state index >= 15 is 0 Å². The van der Waals surface area contributed by atoms with Gasteiger partial charge in [-0.1, -0.05) is 18.2 Å². The first kappa shape index (κ1) is 16.6. The van der Waals surface area contributed by atoms with Crippen LogP contribution in [-0.4, -0.2) is 34.3 Å². The fourth-order valence-corrected chi connectivity index (χ4v) is 3.61. The van der Waals surface area contributed by atoms with Crippen molar-refractivity contribution < 1.29 is 9.59 Å². The Morgan fingerprint density at radius 2 is 1.96 bits per heavy atom. The van der Waals surface area contributed by atoms with Crippen LogP contribution in [0.1, 0.15) is 39.5 Å². The molecule has 3 rings (SSSR count). The maximum atomic E-state index is 13.0. The lowest BCUT2D eigenvalue weighted by Crippen LogP contribution is -2.40. The van der Waals surface area contributed by atoms with Crippen LogP contribution in [0.5, 0.6) is 0 Å². The van der Waals surface area contributed by atoms with Crippen LogP contribution in [0.4, 0.5) is 0 Å². The molecule has 2 aromatic rings. The van der Waals surface area contributed by atoms with E-state index in [1.54, 1.807) is 4.90 Å². The molecule has 1 saturated carbocycles. The molecular weight excluding hydrogens is 322 g/mol. The minimum Gasteiger partial charge on any atom is -0.368 e. The molecule has 2 amide bonds. The zero-order chi connectivity index (χ0) is 17.4. The van der Waals surface area contributed by atoms with Gasteiger partial charge in [-0.3, -0.25) is 9.59 Å². The molecule has 1 aromatic carbocycles. The number of nitrogens with two attached hydrogens (primary N) is 1. The standard InChI is InChI=1S/C18H21N3O2S/c1-10-4-5-13(8-11(10)2)17-16(20-12(3)24-17)18(23)21(9-15(19)22)14-6-7-14/h4-5,8,14H,6-7,9H2,1-3H3,(H2,19,22). The molecule has 0 atom stereocenters. The number of carbonyl (C=O) groups excluding carboxylic acids is 2. The van der Waals surface area contributed by atoms with E-state index in [-0.39, 0.29) is 18.5 Å². The molecule has 1 aliphatic rings. The van der Waals surface area contributed by atoms with Gasteiger partial charge in [-0.25, -0.2) is 4.98 Å². The lowest BCUT2D eigenvalue weighted by Gasteiger charge is -2.20. The molecule has 0 saturated heterocycles. The summed E-state index contributed by atoms with van der Waals surface area (Å²) in [5.74, 6) is -0.691. The SMILES string of the molecule is Cc1nc(C(=O)N(CC(N)=O)C2CC2)c(-c2ccc(C)c(C)c2)s1. The number of hydrogen-bond donors (Lipinski definition) is 1. The van der Waals surface area contributed by atoms with E-state index in [1.165, 1.54) is 22.5 Å². The molecule has 6 heteroatoms. The first-order valence-corrected chi connectivity index (χ1v) is 8.82. The first-order chi connectivity index (χ1) is 11.4. The smallest absolute Gasteiger partial charge is 0.274 e. The molecule has 2 N–H and O–H groups in total. The Kier molecular flexibility index (Phi) is 4.41. The van der Waals surface area contributed by atoms with Gasteiger partial charge >= 0.3 is 0 Å². The highest BCUT2D eigenvalue weighted by atomic mass is 32.1. The number of hydrogen-bond acceptors (Lipinski definition) is 4. The van der Waals surface area contributed by atoms with E-state index < -0.39 is 5.91 Å². The zero-order valence-electron chi connectivity index (χ0n) is 14.1. The van der Waals surface area contributed by atoms with Crippen LogP contribution in [-0.2, 0) is 4.79 Å². The molecule has 1 aromatic heterocycles. The van der Waals surface area contributed by atoms with Gasteiger partial charge in [0.15, 0.2) is 0 Å². The van der Waals surface area contributed by atoms with E-state index in [1.807, 2.05) is 13.0 Å². The Hall–Kier alpha value is -2.21. The van der Waals surface area contributed by atoms with Gasteiger partial charge in [0.05, 0.1) is 16.4 Å². The minimum atomic E-state index is -0.491. The number of rotatable bonds is 5. The molecule has 1 aliphatic carbocycles. The molecule has 0 spiro atoms. The van der Waals surface area contributed by atoms with Crippen LogP contribution in [0.15, 0.2) is 18.2 Å². The third-order valence-electron chi connectivity index (χ3n) is 4.28. The number of carbonyl (C=O) groups is 2. The first-order valence-electron chi connectivity index (χ1n) is 8.01. The average Bonchev–Trinajstić information content (AvgIpc) is 3.29. The molecular formula is C18H21N3O2S. The summed E-state index contributed by atoms with van der Waals surface area (Å²) in [5, 5.41) is 0.835. The number of benzene rings is 1. The van der Waals surface area contributed by atoms with Crippen molar-refractivity contribution in [3.63, 3.8) is 0 Å². The zero-order valence-corrected chi connectivity index (χ0v) is 14.9. The van der Waals surface area contributed by atoms with Gasteiger partial charge in [0, 0.05) is 6.04 Å². The summed E-state index contributed by atoms with van der Waals surface area (Å²) in [6.07, 6.45) is 1.84. The molecule has 5 nitrogen and oxygen atoms in total. The highest BCUT2D eigenvalue weighted by Gasteiger charge is 2.36. The van der Waals surface area contributed by atoms with Crippen LogP contribution >= 0.6 is 11.3 Å². The van der Waals surface area contributed by atoms with Crippen molar-refractivity contribution in [3.05, 3.63) is 40.0 Å². The number of amides is 2. The molecule has 0 radical (unpaired) electrons. The summed E-state index contributed by atoms with van der Waals surface area (Å²) in [7, 11) is 0. The second-order valence-corrected chi connectivity index (χ2v) is 7.54. The van der Waals surface area contributed by atoms with Crippen molar-refractivity contribution in [1.29, 1.82) is 0 Å². The predicted octanol–water partition coefficient (Wildman–Crippen LogP) is 2.83. The second kappa shape index (κ2) is 6.36. The van der Waals surface area contributed by atoms with Crippen molar-refractivity contribution in [2.75, 3.05) is 6.54 Å². The summed E-state index contributed by atoms with van der Waals surface area (Å²) in [4.78, 5) is 31.2. The Balaban J connectivity index is 2.00. The Labute approximate surface area is 145 Å². The van der Waals surface area contributed by atoms with Crippen molar-refractivity contribution in [1.82, 2.24) is 9.88 Å². The summed E-state index contributed by atoms with van der Waals surface area (Å²) in [5.41, 5.74) is 9.11. The minimum absolute atomic E-state index is 0.0492. The maximum Gasteiger partial charge on any atom is 0.274 e. The summed E-state index contributed by atoms with van der Waals surface area (Å²) >= 11 is 1.50. The van der Waals surface area contributed by atoms with Crippen LogP contribution < -0.4 is 5.73 Å². The van der Waals surface area contributed by atoms with E-state index in [4.69, 9.17) is 5.73 Å². The molecule has 1 fully saturated rings. The van der Waals surface area contributed by atoms with Crippen LogP contribution in [0.25, 0.3) is 10.4 Å². The van der Waals surface area contributed by atoms with Gasteiger partial charge in [0.25, 0.3) is 5.91 Å². The lowest BCUT2D eigenvalue weighted by molar-refractivity contribution is -0.118. The summed E-state index contributed by atoms with van der Waals surface area (Å²) < 4.78 is 0. The summed E-state index contributed by atoms with van der Waals surface area (Å²) in [6, 6.07) is 6.26. The van der Waals surface area contributed by atoms with Crippen LogP contribution in [0, 0.1) is 20.8 Å². The molecule has 0 aliphatic heterocycles. The average molecular weight is 343 g/mol. The second-order valence-electron chi connectivity index (χ2n) is 6.34. The fourth-order valence-electron chi connectivity index (χ4n) is 2.71. The van der Waals surface area contributed by atoms with Gasteiger partial charge in [0.2, 0.25) is 5.91 Å². The maximum absolute atomic E-state index is 13.0. The van der Waals surface area contributed by atoms with Gasteiger partial charge in [-0.15, -0.1) is 11.3 Å². The van der Waals surface area contributed by atoms with Gasteiger partial charge in [-0.05, 0) is 50.3 Å². The number of aryl methyl sites for hydroxylation is 3. The highest BCUT2D eigenvalue weighted by Crippen LogP contribution is 2.34. The number of nitrogens with zero attached hydrogens (tertiary/aromatic N) is 2. The summed E-state index contributed by atoms with van der Waals surface area (Å²) in [6.45, 7) is 5.95. The largest absolute Gasteiger partial charge is 0.368 e. The van der Waals surface area contributed by atoms with E-state index in [9.17, 15) is 9.59 Å².